The lowest BCUT2D eigenvalue weighted by molar-refractivity contribution is -0.120. The number of amides is 1. The number of hydrogen-bond donors (Lipinski definition) is 2. The molecule has 3 aromatic rings. The van der Waals surface area contributed by atoms with Crippen LogP contribution in [0.15, 0.2) is 54.6 Å². The maximum Gasteiger partial charge on any atom is 0.236 e. The Hall–Kier alpha value is -2.99. The van der Waals surface area contributed by atoms with Gasteiger partial charge in [0.2, 0.25) is 11.9 Å². The molecule has 0 bridgehead atoms. The third-order valence-electron chi connectivity index (χ3n) is 4.44. The van der Waals surface area contributed by atoms with Crippen LogP contribution in [-0.4, -0.2) is 41.6 Å². The van der Waals surface area contributed by atoms with Crippen molar-refractivity contribution < 1.29 is 4.79 Å². The van der Waals surface area contributed by atoms with E-state index in [9.17, 15) is 4.79 Å². The van der Waals surface area contributed by atoms with Crippen LogP contribution in [0.1, 0.15) is 0 Å². The molecule has 1 amide bonds. The van der Waals surface area contributed by atoms with Crippen LogP contribution in [0.3, 0.4) is 0 Å². The van der Waals surface area contributed by atoms with Gasteiger partial charge in [-0.05, 0) is 6.07 Å². The molecule has 2 aromatic carbocycles. The summed E-state index contributed by atoms with van der Waals surface area (Å²) in [6.45, 7) is 1.88. The number of piperazine rings is 1. The van der Waals surface area contributed by atoms with E-state index in [2.05, 4.69) is 5.32 Å². The lowest BCUT2D eigenvalue weighted by atomic mass is 10.1. The Morgan fingerprint density at radius 1 is 1.08 bits per heavy atom. The minimum Gasteiger partial charge on any atom is -0.368 e. The lowest BCUT2D eigenvalue weighted by Gasteiger charge is -2.32. The van der Waals surface area contributed by atoms with Crippen molar-refractivity contribution in [2.45, 2.75) is 6.04 Å². The summed E-state index contributed by atoms with van der Waals surface area (Å²) < 4.78 is 0. The Kier molecular flexibility index (Phi) is 4.03. The standard InChI is InChI=1S/C19H19N5O/c20-18(25)16-12-24(11-10-21-16)19-22-15-9-5-4-8-14(15)17(23-19)13-6-2-1-3-7-13/h1-9,16,21H,10-12H2,(H2,20,25)/t16-/m1/s1. The summed E-state index contributed by atoms with van der Waals surface area (Å²) in [5.41, 5.74) is 8.28. The molecule has 0 spiro atoms. The molecule has 0 aliphatic carbocycles. The zero-order chi connectivity index (χ0) is 17.2. The summed E-state index contributed by atoms with van der Waals surface area (Å²) in [5, 5.41) is 4.14. The molecule has 1 aliphatic rings. The third-order valence-corrected chi connectivity index (χ3v) is 4.44. The van der Waals surface area contributed by atoms with Gasteiger partial charge in [-0.15, -0.1) is 0 Å². The van der Waals surface area contributed by atoms with Crippen molar-refractivity contribution in [3.8, 4) is 11.3 Å². The first-order chi connectivity index (χ1) is 12.2. The fourth-order valence-corrected chi connectivity index (χ4v) is 3.14. The molecule has 1 fully saturated rings. The summed E-state index contributed by atoms with van der Waals surface area (Å²) in [6, 6.07) is 17.7. The number of benzene rings is 2. The molecule has 1 atom stereocenters. The Balaban J connectivity index is 1.81. The summed E-state index contributed by atoms with van der Waals surface area (Å²) in [4.78, 5) is 23.1. The number of rotatable bonds is 3. The molecular weight excluding hydrogens is 314 g/mol. The Labute approximate surface area is 145 Å². The highest BCUT2D eigenvalue weighted by molar-refractivity contribution is 5.93. The monoisotopic (exact) mass is 333 g/mol. The molecule has 1 aliphatic heterocycles. The molecule has 6 heteroatoms. The number of hydrogen-bond acceptors (Lipinski definition) is 5. The van der Waals surface area contributed by atoms with Crippen molar-refractivity contribution in [3.63, 3.8) is 0 Å². The van der Waals surface area contributed by atoms with E-state index in [4.69, 9.17) is 15.7 Å². The molecule has 25 heavy (non-hydrogen) atoms. The molecule has 6 nitrogen and oxygen atoms in total. The van der Waals surface area contributed by atoms with Crippen LogP contribution in [0, 0.1) is 0 Å². The SMILES string of the molecule is NC(=O)[C@H]1CN(c2nc(-c3ccccc3)c3ccccc3n2)CCN1. The summed E-state index contributed by atoms with van der Waals surface area (Å²) >= 11 is 0. The summed E-state index contributed by atoms with van der Waals surface area (Å²) in [7, 11) is 0. The number of fused-ring (bicyclic) bond motifs is 1. The van der Waals surface area contributed by atoms with Crippen molar-refractivity contribution in [2.75, 3.05) is 24.5 Å². The molecule has 3 N–H and O–H groups in total. The van der Waals surface area contributed by atoms with Crippen LogP contribution < -0.4 is 16.0 Å². The number of nitrogens with one attached hydrogen (secondary N) is 1. The number of carbonyl (C=O) groups is 1. The largest absolute Gasteiger partial charge is 0.368 e. The van der Waals surface area contributed by atoms with E-state index in [1.54, 1.807) is 0 Å². The lowest BCUT2D eigenvalue weighted by Crippen LogP contribution is -2.56. The Morgan fingerprint density at radius 3 is 2.64 bits per heavy atom. The summed E-state index contributed by atoms with van der Waals surface area (Å²) in [5.74, 6) is 0.277. The average molecular weight is 333 g/mol. The smallest absolute Gasteiger partial charge is 0.236 e. The molecule has 0 saturated carbocycles. The van der Waals surface area contributed by atoms with E-state index in [1.807, 2.05) is 59.5 Å². The zero-order valence-corrected chi connectivity index (χ0v) is 13.7. The second-order valence-electron chi connectivity index (χ2n) is 6.11. The van der Waals surface area contributed by atoms with E-state index < -0.39 is 0 Å². The van der Waals surface area contributed by atoms with E-state index in [0.29, 0.717) is 19.0 Å². The molecule has 126 valence electrons. The normalized spacial score (nSPS) is 17.6. The van der Waals surface area contributed by atoms with Gasteiger partial charge in [-0.1, -0.05) is 48.5 Å². The van der Waals surface area contributed by atoms with Crippen molar-refractivity contribution in [1.82, 2.24) is 15.3 Å². The van der Waals surface area contributed by atoms with Crippen LogP contribution in [-0.2, 0) is 4.79 Å². The van der Waals surface area contributed by atoms with Gasteiger partial charge in [0.25, 0.3) is 0 Å². The van der Waals surface area contributed by atoms with Crippen LogP contribution in [0.4, 0.5) is 5.95 Å². The van der Waals surface area contributed by atoms with Crippen molar-refractivity contribution in [3.05, 3.63) is 54.6 Å². The van der Waals surface area contributed by atoms with Gasteiger partial charge in [-0.3, -0.25) is 4.79 Å². The maximum absolute atomic E-state index is 11.5. The predicted molar refractivity (Wildman–Crippen MR) is 98.2 cm³/mol. The third kappa shape index (κ3) is 3.04. The average Bonchev–Trinajstić information content (AvgIpc) is 2.68. The Bertz CT molecular complexity index is 912. The number of nitrogens with two attached hydrogens (primary N) is 1. The number of carbonyl (C=O) groups excluding carboxylic acids is 1. The minimum absolute atomic E-state index is 0.353. The van der Waals surface area contributed by atoms with Gasteiger partial charge in [0.05, 0.1) is 11.2 Å². The number of para-hydroxylation sites is 1. The fourth-order valence-electron chi connectivity index (χ4n) is 3.14. The van der Waals surface area contributed by atoms with Gasteiger partial charge in [0.1, 0.15) is 6.04 Å². The molecule has 1 aromatic heterocycles. The molecule has 0 radical (unpaired) electrons. The highest BCUT2D eigenvalue weighted by atomic mass is 16.1. The van der Waals surface area contributed by atoms with Gasteiger partial charge in [-0.2, -0.15) is 0 Å². The van der Waals surface area contributed by atoms with Crippen molar-refractivity contribution >= 4 is 22.8 Å². The second-order valence-corrected chi connectivity index (χ2v) is 6.11. The van der Waals surface area contributed by atoms with E-state index in [0.717, 1.165) is 28.7 Å². The molecule has 1 saturated heterocycles. The molecule has 4 rings (SSSR count). The fraction of sp³-hybridized carbons (Fsp3) is 0.211. The van der Waals surface area contributed by atoms with E-state index >= 15 is 0 Å². The second kappa shape index (κ2) is 6.49. The van der Waals surface area contributed by atoms with Crippen LogP contribution in [0.25, 0.3) is 22.2 Å². The van der Waals surface area contributed by atoms with Gasteiger partial charge >= 0.3 is 0 Å². The van der Waals surface area contributed by atoms with Gasteiger partial charge in [0.15, 0.2) is 0 Å². The first-order valence-corrected chi connectivity index (χ1v) is 8.32. The van der Waals surface area contributed by atoms with Crippen LogP contribution in [0.5, 0.6) is 0 Å². The molecule has 2 heterocycles. The topological polar surface area (TPSA) is 84.1 Å². The molecular formula is C19H19N5O. The van der Waals surface area contributed by atoms with Crippen LogP contribution in [0.2, 0.25) is 0 Å². The first kappa shape index (κ1) is 15.5. The first-order valence-electron chi connectivity index (χ1n) is 8.32. The highest BCUT2D eigenvalue weighted by Crippen LogP contribution is 2.28. The van der Waals surface area contributed by atoms with E-state index in [-0.39, 0.29) is 11.9 Å². The summed E-state index contributed by atoms with van der Waals surface area (Å²) in [6.07, 6.45) is 0. The predicted octanol–water partition coefficient (Wildman–Crippen LogP) is 1.56. The van der Waals surface area contributed by atoms with Crippen molar-refractivity contribution in [2.24, 2.45) is 5.73 Å². The van der Waals surface area contributed by atoms with Gasteiger partial charge in [-0.25, -0.2) is 9.97 Å². The number of primary amides is 1. The minimum atomic E-state index is -0.385. The zero-order valence-electron chi connectivity index (χ0n) is 13.7. The van der Waals surface area contributed by atoms with Crippen molar-refractivity contribution in [1.29, 1.82) is 0 Å². The van der Waals surface area contributed by atoms with Gasteiger partial charge < -0.3 is 16.0 Å². The van der Waals surface area contributed by atoms with Gasteiger partial charge in [0, 0.05) is 30.6 Å². The molecule has 0 unspecified atom stereocenters. The van der Waals surface area contributed by atoms with Crippen LogP contribution >= 0.6 is 0 Å². The highest BCUT2D eigenvalue weighted by Gasteiger charge is 2.25. The number of anilines is 1. The Morgan fingerprint density at radius 2 is 1.84 bits per heavy atom. The maximum atomic E-state index is 11.5. The quantitative estimate of drug-likeness (QED) is 0.760. The van der Waals surface area contributed by atoms with E-state index in [1.165, 1.54) is 0 Å². The number of aromatic nitrogens is 2. The number of nitrogens with zero attached hydrogens (tertiary/aromatic N) is 3.